The molecule has 2 unspecified atom stereocenters. The molecule has 1 saturated heterocycles. The van der Waals surface area contributed by atoms with Crippen LogP contribution in [0.3, 0.4) is 0 Å². The molecule has 1 N–H and O–H groups in total. The summed E-state index contributed by atoms with van der Waals surface area (Å²) in [6.07, 6.45) is 2.00. The zero-order valence-electron chi connectivity index (χ0n) is 9.72. The van der Waals surface area contributed by atoms with Crippen molar-refractivity contribution < 1.29 is 18.3 Å². The van der Waals surface area contributed by atoms with E-state index < -0.39 is 22.0 Å². The minimum atomic E-state index is -3.36. The van der Waals surface area contributed by atoms with Crippen LogP contribution in [0.1, 0.15) is 33.1 Å². The van der Waals surface area contributed by atoms with Crippen molar-refractivity contribution in [2.75, 3.05) is 12.3 Å². The zero-order valence-corrected chi connectivity index (χ0v) is 10.5. The molecule has 0 saturated carbocycles. The molecule has 94 valence electrons. The molecular formula is C10H19NO4S. The van der Waals surface area contributed by atoms with Crippen LogP contribution in [0, 0.1) is 5.92 Å². The molecule has 0 spiro atoms. The summed E-state index contributed by atoms with van der Waals surface area (Å²) in [6.45, 7) is 4.12. The largest absolute Gasteiger partial charge is 0.480 e. The molecule has 16 heavy (non-hydrogen) atoms. The van der Waals surface area contributed by atoms with Crippen LogP contribution in [0.5, 0.6) is 0 Å². The standard InChI is InChI=1S/C10H19NO4S/c1-3-4-5-9(10(12)13)11-6-8(2)7-16(11,14)15/h8-9H,3-7H2,1-2H3,(H,12,13). The highest BCUT2D eigenvalue weighted by atomic mass is 32.2. The van der Waals surface area contributed by atoms with Gasteiger partial charge >= 0.3 is 5.97 Å². The van der Waals surface area contributed by atoms with Crippen molar-refractivity contribution in [3.8, 4) is 0 Å². The first-order valence-corrected chi connectivity index (χ1v) is 7.21. The fourth-order valence-corrected chi connectivity index (χ4v) is 4.12. The van der Waals surface area contributed by atoms with Crippen molar-refractivity contribution in [1.29, 1.82) is 0 Å². The van der Waals surface area contributed by atoms with E-state index in [1.54, 1.807) is 0 Å². The molecule has 1 fully saturated rings. The lowest BCUT2D eigenvalue weighted by molar-refractivity contribution is -0.141. The Morgan fingerprint density at radius 3 is 2.56 bits per heavy atom. The molecular weight excluding hydrogens is 230 g/mol. The van der Waals surface area contributed by atoms with Crippen molar-refractivity contribution in [3.63, 3.8) is 0 Å². The number of nitrogens with zero attached hydrogens (tertiary/aromatic N) is 1. The van der Waals surface area contributed by atoms with E-state index in [0.29, 0.717) is 13.0 Å². The average Bonchev–Trinajstić information content (AvgIpc) is 2.40. The van der Waals surface area contributed by atoms with Crippen LogP contribution < -0.4 is 0 Å². The van der Waals surface area contributed by atoms with Crippen LogP contribution in [0.2, 0.25) is 0 Å². The van der Waals surface area contributed by atoms with Crippen molar-refractivity contribution >= 4 is 16.0 Å². The summed E-state index contributed by atoms with van der Waals surface area (Å²) in [5.74, 6) is -0.942. The maximum atomic E-state index is 11.7. The predicted octanol–water partition coefficient (Wildman–Crippen LogP) is 0.911. The van der Waals surface area contributed by atoms with Crippen LogP contribution in [-0.2, 0) is 14.8 Å². The molecule has 2 atom stereocenters. The highest BCUT2D eigenvalue weighted by Crippen LogP contribution is 2.24. The fraction of sp³-hybridized carbons (Fsp3) is 0.900. The SMILES string of the molecule is CCCCC(C(=O)O)N1CC(C)CS1(=O)=O. The van der Waals surface area contributed by atoms with Crippen LogP contribution in [0.15, 0.2) is 0 Å². The van der Waals surface area contributed by atoms with Gasteiger partial charge in [0, 0.05) is 6.54 Å². The van der Waals surface area contributed by atoms with E-state index in [9.17, 15) is 13.2 Å². The van der Waals surface area contributed by atoms with Crippen molar-refractivity contribution in [2.45, 2.75) is 39.2 Å². The molecule has 0 aromatic heterocycles. The van der Waals surface area contributed by atoms with E-state index in [2.05, 4.69) is 0 Å². The number of aliphatic carboxylic acids is 1. The van der Waals surface area contributed by atoms with Gasteiger partial charge < -0.3 is 5.11 Å². The third-order valence-electron chi connectivity index (χ3n) is 2.81. The molecule has 0 bridgehead atoms. The maximum Gasteiger partial charge on any atom is 0.322 e. The first-order valence-electron chi connectivity index (χ1n) is 5.60. The number of rotatable bonds is 5. The van der Waals surface area contributed by atoms with Gasteiger partial charge in [-0.1, -0.05) is 26.7 Å². The molecule has 1 aliphatic heterocycles. The highest BCUT2D eigenvalue weighted by molar-refractivity contribution is 7.89. The van der Waals surface area contributed by atoms with E-state index >= 15 is 0 Å². The van der Waals surface area contributed by atoms with Gasteiger partial charge in [-0.05, 0) is 12.3 Å². The van der Waals surface area contributed by atoms with Crippen molar-refractivity contribution in [2.24, 2.45) is 5.92 Å². The number of carboxylic acid groups (broad SMARTS) is 1. The van der Waals surface area contributed by atoms with Crippen LogP contribution in [0.25, 0.3) is 0 Å². The molecule has 0 aromatic carbocycles. The van der Waals surface area contributed by atoms with Crippen molar-refractivity contribution in [3.05, 3.63) is 0 Å². The molecule has 6 heteroatoms. The Morgan fingerprint density at radius 1 is 1.56 bits per heavy atom. The Bertz CT molecular complexity index is 352. The topological polar surface area (TPSA) is 74.7 Å². The van der Waals surface area contributed by atoms with E-state index in [1.807, 2.05) is 13.8 Å². The Hall–Kier alpha value is -0.620. The number of hydrogen-bond donors (Lipinski definition) is 1. The number of hydrogen-bond acceptors (Lipinski definition) is 3. The fourth-order valence-electron chi connectivity index (χ4n) is 2.04. The van der Waals surface area contributed by atoms with Crippen LogP contribution in [-0.4, -0.2) is 42.1 Å². The minimum Gasteiger partial charge on any atom is -0.480 e. The lowest BCUT2D eigenvalue weighted by Gasteiger charge is -2.22. The minimum absolute atomic E-state index is 0.0217. The number of sulfonamides is 1. The second kappa shape index (κ2) is 5.14. The molecule has 5 nitrogen and oxygen atoms in total. The van der Waals surface area contributed by atoms with Gasteiger partial charge in [-0.3, -0.25) is 4.79 Å². The van der Waals surface area contributed by atoms with Gasteiger partial charge in [-0.15, -0.1) is 0 Å². The average molecular weight is 249 g/mol. The maximum absolute atomic E-state index is 11.7. The zero-order chi connectivity index (χ0) is 12.3. The van der Waals surface area contributed by atoms with Crippen molar-refractivity contribution in [1.82, 2.24) is 4.31 Å². The monoisotopic (exact) mass is 249 g/mol. The third kappa shape index (κ3) is 2.95. The summed E-state index contributed by atoms with van der Waals surface area (Å²) in [4.78, 5) is 11.1. The molecule has 0 radical (unpaired) electrons. The number of carboxylic acids is 1. The Morgan fingerprint density at radius 2 is 2.19 bits per heavy atom. The van der Waals surface area contributed by atoms with E-state index in [4.69, 9.17) is 5.11 Å². The summed E-state index contributed by atoms with van der Waals surface area (Å²) in [7, 11) is -3.36. The van der Waals surface area contributed by atoms with Gasteiger partial charge in [0.25, 0.3) is 0 Å². The van der Waals surface area contributed by atoms with E-state index in [-0.39, 0.29) is 11.7 Å². The van der Waals surface area contributed by atoms with E-state index in [1.165, 1.54) is 0 Å². The van der Waals surface area contributed by atoms with Gasteiger partial charge in [-0.2, -0.15) is 4.31 Å². The quantitative estimate of drug-likeness (QED) is 0.786. The second-order valence-electron chi connectivity index (χ2n) is 4.45. The van der Waals surface area contributed by atoms with Gasteiger partial charge in [0.15, 0.2) is 0 Å². The molecule has 1 aliphatic rings. The van der Waals surface area contributed by atoms with Gasteiger partial charge in [-0.25, -0.2) is 8.42 Å². The highest BCUT2D eigenvalue weighted by Gasteiger charge is 2.41. The lowest BCUT2D eigenvalue weighted by atomic mass is 10.1. The molecule has 1 heterocycles. The Labute approximate surface area is 96.5 Å². The third-order valence-corrected chi connectivity index (χ3v) is 4.92. The first kappa shape index (κ1) is 13.4. The van der Waals surface area contributed by atoms with Gasteiger partial charge in [0.2, 0.25) is 10.0 Å². The summed E-state index contributed by atoms with van der Waals surface area (Å²) in [5.41, 5.74) is 0. The second-order valence-corrected chi connectivity index (χ2v) is 6.42. The Balaban J connectivity index is 2.82. The lowest BCUT2D eigenvalue weighted by Crippen LogP contribution is -2.42. The molecule has 1 rings (SSSR count). The summed E-state index contributed by atoms with van der Waals surface area (Å²) in [5, 5.41) is 9.07. The summed E-state index contributed by atoms with van der Waals surface area (Å²) < 4.78 is 24.7. The molecule has 0 amide bonds. The van der Waals surface area contributed by atoms with Crippen LogP contribution in [0.4, 0.5) is 0 Å². The van der Waals surface area contributed by atoms with Gasteiger partial charge in [0.05, 0.1) is 5.75 Å². The number of unbranched alkanes of at least 4 members (excludes halogenated alkanes) is 1. The Kier molecular flexibility index (Phi) is 4.32. The van der Waals surface area contributed by atoms with Crippen LogP contribution >= 0.6 is 0 Å². The smallest absolute Gasteiger partial charge is 0.322 e. The van der Waals surface area contributed by atoms with E-state index in [0.717, 1.165) is 17.1 Å². The summed E-state index contributed by atoms with van der Waals surface area (Å²) >= 11 is 0. The normalized spacial score (nSPS) is 26.8. The van der Waals surface area contributed by atoms with Gasteiger partial charge in [0.1, 0.15) is 6.04 Å². The summed E-state index contributed by atoms with van der Waals surface area (Å²) in [6, 6.07) is -0.880. The molecule has 0 aliphatic carbocycles. The first-order chi connectivity index (χ1) is 7.38. The predicted molar refractivity (Wildman–Crippen MR) is 60.6 cm³/mol. The number of carbonyl (C=O) groups is 1. The molecule has 0 aromatic rings.